The molecule has 7 nitrogen and oxygen atoms in total. The molecule has 0 radical (unpaired) electrons. The molecule has 32 heavy (non-hydrogen) atoms. The smallest absolute Gasteiger partial charge is 0.254 e. The first-order valence-electron chi connectivity index (χ1n) is 11.1. The van der Waals surface area contributed by atoms with Gasteiger partial charge >= 0.3 is 0 Å². The maximum atomic E-state index is 12.8. The van der Waals surface area contributed by atoms with E-state index in [-0.39, 0.29) is 17.2 Å². The molecule has 1 amide bonds. The van der Waals surface area contributed by atoms with Crippen LogP contribution in [0.1, 0.15) is 64.9 Å². The number of nitrogens with one attached hydrogen (secondary N) is 2. The number of Topliss-reactive ketones (excluding diaryl/α,β-unsaturated/α-hetero) is 1. The molecule has 3 aromatic rings. The standard InChI is InChI=1S/C25H30N4O3/c1-5-18-21(6-2)27-23(28-25(18)32)20-15-16(10-11-19(20)22(30)7-3)24(31)26-13-12-17-9-8-14-29(17)4/h8-11,14-15H,5-7,12-13H2,1-4H3,(H,26,31)(H,27,28,32). The van der Waals surface area contributed by atoms with Crippen molar-refractivity contribution in [3.05, 3.63) is 75.0 Å². The number of H-pyrrole nitrogens is 1. The quantitative estimate of drug-likeness (QED) is 0.504. The number of hydrogen-bond donors (Lipinski definition) is 2. The van der Waals surface area contributed by atoms with E-state index in [0.717, 1.165) is 5.69 Å². The summed E-state index contributed by atoms with van der Waals surface area (Å²) in [6.45, 7) is 6.13. The first-order valence-corrected chi connectivity index (χ1v) is 11.1. The van der Waals surface area contributed by atoms with E-state index in [2.05, 4.69) is 15.3 Å². The van der Waals surface area contributed by atoms with Gasteiger partial charge in [0.05, 0.1) is 5.69 Å². The van der Waals surface area contributed by atoms with Crippen LogP contribution < -0.4 is 10.9 Å². The van der Waals surface area contributed by atoms with Crippen molar-refractivity contribution < 1.29 is 9.59 Å². The topological polar surface area (TPSA) is 96.8 Å². The molecule has 7 heteroatoms. The molecule has 0 spiro atoms. The zero-order valence-electron chi connectivity index (χ0n) is 19.1. The van der Waals surface area contributed by atoms with Crippen LogP contribution in [0.15, 0.2) is 41.3 Å². The third-order valence-corrected chi connectivity index (χ3v) is 5.67. The Balaban J connectivity index is 1.94. The Morgan fingerprint density at radius 1 is 1.12 bits per heavy atom. The van der Waals surface area contributed by atoms with Gasteiger partial charge in [-0.25, -0.2) is 4.98 Å². The van der Waals surface area contributed by atoms with Gasteiger partial charge in [0.15, 0.2) is 5.78 Å². The Bertz CT molecular complexity index is 1190. The lowest BCUT2D eigenvalue weighted by molar-refractivity contribution is 0.0950. The summed E-state index contributed by atoms with van der Waals surface area (Å²) in [5.74, 6) is 0.00874. The molecule has 0 aliphatic heterocycles. The molecule has 3 rings (SSSR count). The van der Waals surface area contributed by atoms with Gasteiger partial charge in [-0.2, -0.15) is 0 Å². The second-order valence-corrected chi connectivity index (χ2v) is 7.70. The number of carbonyl (C=O) groups excluding carboxylic acids is 2. The molecule has 0 aliphatic carbocycles. The van der Waals surface area contributed by atoms with Crippen LogP contribution >= 0.6 is 0 Å². The Morgan fingerprint density at radius 2 is 1.91 bits per heavy atom. The Labute approximate surface area is 187 Å². The van der Waals surface area contributed by atoms with Gasteiger partial charge in [0.1, 0.15) is 5.82 Å². The summed E-state index contributed by atoms with van der Waals surface area (Å²) in [6, 6.07) is 8.91. The highest BCUT2D eigenvalue weighted by molar-refractivity contribution is 6.04. The minimum absolute atomic E-state index is 0.0732. The highest BCUT2D eigenvalue weighted by atomic mass is 16.1. The second-order valence-electron chi connectivity index (χ2n) is 7.70. The number of benzene rings is 1. The fourth-order valence-corrected chi connectivity index (χ4v) is 3.81. The van der Waals surface area contributed by atoms with E-state index < -0.39 is 0 Å². The van der Waals surface area contributed by atoms with Crippen LogP contribution in [0.25, 0.3) is 11.4 Å². The van der Waals surface area contributed by atoms with Gasteiger partial charge in [0, 0.05) is 60.6 Å². The van der Waals surface area contributed by atoms with Gasteiger partial charge in [-0.05, 0) is 43.2 Å². The normalized spacial score (nSPS) is 10.9. The van der Waals surface area contributed by atoms with Crippen LogP contribution in [-0.2, 0) is 26.3 Å². The van der Waals surface area contributed by atoms with Crippen molar-refractivity contribution in [1.29, 1.82) is 0 Å². The van der Waals surface area contributed by atoms with E-state index in [0.29, 0.717) is 66.0 Å². The summed E-state index contributed by atoms with van der Waals surface area (Å²) >= 11 is 0. The van der Waals surface area contributed by atoms with Crippen LogP contribution in [0.5, 0.6) is 0 Å². The summed E-state index contributed by atoms with van der Waals surface area (Å²) in [5, 5.41) is 2.93. The fourth-order valence-electron chi connectivity index (χ4n) is 3.81. The first kappa shape index (κ1) is 23.2. The predicted molar refractivity (Wildman–Crippen MR) is 125 cm³/mol. The molecule has 0 fully saturated rings. The molecule has 0 bridgehead atoms. The molecule has 168 valence electrons. The average molecular weight is 435 g/mol. The number of nitrogens with zero attached hydrogens (tertiary/aromatic N) is 2. The first-order chi connectivity index (χ1) is 15.4. The number of hydrogen-bond acceptors (Lipinski definition) is 4. The maximum absolute atomic E-state index is 12.8. The van der Waals surface area contributed by atoms with Crippen molar-refractivity contribution in [2.45, 2.75) is 46.5 Å². The van der Waals surface area contributed by atoms with Crippen molar-refractivity contribution in [3.63, 3.8) is 0 Å². The summed E-state index contributed by atoms with van der Waals surface area (Å²) in [7, 11) is 1.97. The van der Waals surface area contributed by atoms with Gasteiger partial charge < -0.3 is 14.9 Å². The fraction of sp³-hybridized carbons (Fsp3) is 0.360. The van der Waals surface area contributed by atoms with Gasteiger partial charge in [0.25, 0.3) is 11.5 Å². The van der Waals surface area contributed by atoms with Crippen molar-refractivity contribution >= 4 is 11.7 Å². The Kier molecular flexibility index (Phi) is 7.41. The molecule has 2 aromatic heterocycles. The number of aromatic amines is 1. The molecule has 0 atom stereocenters. The molecular weight excluding hydrogens is 404 g/mol. The van der Waals surface area contributed by atoms with E-state index in [1.807, 2.05) is 43.8 Å². The minimum Gasteiger partial charge on any atom is -0.354 e. The van der Waals surface area contributed by atoms with Crippen LogP contribution in [-0.4, -0.2) is 32.8 Å². The van der Waals surface area contributed by atoms with Crippen LogP contribution in [0.3, 0.4) is 0 Å². The number of amides is 1. The number of aromatic nitrogens is 3. The van der Waals surface area contributed by atoms with E-state index >= 15 is 0 Å². The zero-order valence-corrected chi connectivity index (χ0v) is 19.1. The average Bonchev–Trinajstić information content (AvgIpc) is 3.21. The van der Waals surface area contributed by atoms with E-state index in [4.69, 9.17) is 0 Å². The molecule has 0 saturated carbocycles. The second kappa shape index (κ2) is 10.2. The maximum Gasteiger partial charge on any atom is 0.254 e. The summed E-state index contributed by atoms with van der Waals surface area (Å²) in [4.78, 5) is 45.4. The SMILES string of the molecule is CCC(=O)c1ccc(C(=O)NCCc2cccn2C)cc1-c1nc(CC)c(CC)c(=O)[nH]1. The molecule has 0 unspecified atom stereocenters. The molecule has 2 N–H and O–H groups in total. The lowest BCUT2D eigenvalue weighted by atomic mass is 9.98. The number of ketones is 1. The van der Waals surface area contributed by atoms with E-state index in [1.54, 1.807) is 25.1 Å². The van der Waals surface area contributed by atoms with Crippen LogP contribution in [0.2, 0.25) is 0 Å². The minimum atomic E-state index is -0.237. The van der Waals surface area contributed by atoms with Crippen LogP contribution in [0, 0.1) is 0 Å². The van der Waals surface area contributed by atoms with Crippen molar-refractivity contribution in [2.75, 3.05) is 6.54 Å². The lowest BCUT2D eigenvalue weighted by Gasteiger charge is -2.13. The van der Waals surface area contributed by atoms with Crippen molar-refractivity contribution in [1.82, 2.24) is 19.9 Å². The number of rotatable bonds is 9. The largest absolute Gasteiger partial charge is 0.354 e. The van der Waals surface area contributed by atoms with Gasteiger partial charge in [0.2, 0.25) is 0 Å². The molecule has 2 heterocycles. The van der Waals surface area contributed by atoms with Crippen molar-refractivity contribution in [2.24, 2.45) is 7.05 Å². The third kappa shape index (κ3) is 4.88. The molecule has 1 aromatic carbocycles. The van der Waals surface area contributed by atoms with Gasteiger partial charge in [-0.3, -0.25) is 14.4 Å². The summed E-state index contributed by atoms with van der Waals surface area (Å²) < 4.78 is 2.02. The number of aryl methyl sites for hydroxylation is 2. The molecular formula is C25H30N4O3. The Hall–Kier alpha value is -3.48. The van der Waals surface area contributed by atoms with Crippen LogP contribution in [0.4, 0.5) is 0 Å². The number of carbonyl (C=O) groups is 2. The molecule has 0 saturated heterocycles. The van der Waals surface area contributed by atoms with Gasteiger partial charge in [-0.1, -0.05) is 20.8 Å². The molecule has 0 aliphatic rings. The highest BCUT2D eigenvalue weighted by Crippen LogP contribution is 2.24. The van der Waals surface area contributed by atoms with E-state index in [9.17, 15) is 14.4 Å². The monoisotopic (exact) mass is 434 g/mol. The predicted octanol–water partition coefficient (Wildman–Crippen LogP) is 3.47. The lowest BCUT2D eigenvalue weighted by Crippen LogP contribution is -2.26. The zero-order chi connectivity index (χ0) is 23.3. The summed E-state index contributed by atoms with van der Waals surface area (Å²) in [6.07, 6.45) is 4.18. The highest BCUT2D eigenvalue weighted by Gasteiger charge is 2.18. The Morgan fingerprint density at radius 3 is 2.53 bits per heavy atom. The van der Waals surface area contributed by atoms with E-state index in [1.165, 1.54) is 0 Å². The van der Waals surface area contributed by atoms with Crippen molar-refractivity contribution in [3.8, 4) is 11.4 Å². The third-order valence-electron chi connectivity index (χ3n) is 5.67. The summed E-state index contributed by atoms with van der Waals surface area (Å²) in [5.41, 5.74) is 3.61. The van der Waals surface area contributed by atoms with Gasteiger partial charge in [-0.15, -0.1) is 0 Å².